The van der Waals surface area contributed by atoms with Gasteiger partial charge in [0.2, 0.25) is 0 Å². The first kappa shape index (κ1) is 14.2. The third kappa shape index (κ3) is 4.11. The lowest BCUT2D eigenvalue weighted by atomic mass is 10.1. The highest BCUT2D eigenvalue weighted by molar-refractivity contribution is 6.31. The van der Waals surface area contributed by atoms with E-state index >= 15 is 0 Å². The topological polar surface area (TPSA) is 49.8 Å². The van der Waals surface area contributed by atoms with Crippen LogP contribution in [0.25, 0.3) is 0 Å². The Morgan fingerprint density at radius 1 is 1.53 bits per heavy atom. The fourth-order valence-corrected chi connectivity index (χ4v) is 2.04. The van der Waals surface area contributed by atoms with Gasteiger partial charge in [0.1, 0.15) is 0 Å². The van der Waals surface area contributed by atoms with Crippen molar-refractivity contribution < 1.29 is 14.6 Å². The van der Waals surface area contributed by atoms with Crippen LogP contribution in [0, 0.1) is 5.92 Å². The largest absolute Gasteiger partial charge is 0.478 e. The number of hydrogen-bond donors (Lipinski definition) is 1. The Labute approximate surface area is 117 Å². The van der Waals surface area contributed by atoms with Crippen LogP contribution in [0.3, 0.4) is 0 Å². The zero-order valence-corrected chi connectivity index (χ0v) is 11.7. The van der Waals surface area contributed by atoms with Gasteiger partial charge in [-0.2, -0.15) is 0 Å². The number of aromatic carboxylic acids is 1. The Bertz CT molecular complexity index is 460. The van der Waals surface area contributed by atoms with Crippen molar-refractivity contribution in [3.05, 3.63) is 28.8 Å². The van der Waals surface area contributed by atoms with Gasteiger partial charge in [-0.1, -0.05) is 11.6 Å². The fraction of sp³-hybridized carbons (Fsp3) is 0.500. The molecule has 1 N–H and O–H groups in total. The van der Waals surface area contributed by atoms with Crippen molar-refractivity contribution in [1.29, 1.82) is 0 Å². The maximum atomic E-state index is 11.2. The maximum absolute atomic E-state index is 11.2. The predicted octanol–water partition coefficient (Wildman–Crippen LogP) is 2.90. The minimum absolute atomic E-state index is 0.220. The SMILES string of the molecule is CN(CCOCC1CC1)c1ccc(Cl)cc1C(=O)O. The Hall–Kier alpha value is -1.26. The fourth-order valence-electron chi connectivity index (χ4n) is 1.87. The van der Waals surface area contributed by atoms with Crippen molar-refractivity contribution in [2.45, 2.75) is 12.8 Å². The summed E-state index contributed by atoms with van der Waals surface area (Å²) in [6.07, 6.45) is 2.55. The van der Waals surface area contributed by atoms with Gasteiger partial charge in [-0.3, -0.25) is 0 Å². The number of likely N-dealkylation sites (N-methyl/N-ethyl adjacent to an activating group) is 1. The summed E-state index contributed by atoms with van der Waals surface area (Å²) < 4.78 is 5.56. The van der Waals surface area contributed by atoms with E-state index in [0.717, 1.165) is 12.5 Å². The molecule has 1 saturated carbocycles. The molecule has 0 bridgehead atoms. The number of anilines is 1. The molecule has 1 aliphatic rings. The van der Waals surface area contributed by atoms with E-state index in [2.05, 4.69) is 0 Å². The molecule has 0 amide bonds. The number of ether oxygens (including phenoxy) is 1. The summed E-state index contributed by atoms with van der Waals surface area (Å²) in [7, 11) is 1.86. The molecular weight excluding hydrogens is 266 g/mol. The molecular formula is C14H18ClNO3. The number of hydrogen-bond acceptors (Lipinski definition) is 3. The minimum Gasteiger partial charge on any atom is -0.478 e. The zero-order chi connectivity index (χ0) is 13.8. The molecule has 2 rings (SSSR count). The molecule has 1 aromatic rings. The first-order chi connectivity index (χ1) is 9.08. The summed E-state index contributed by atoms with van der Waals surface area (Å²) >= 11 is 5.83. The van der Waals surface area contributed by atoms with Gasteiger partial charge in [0.15, 0.2) is 0 Å². The number of halogens is 1. The van der Waals surface area contributed by atoms with E-state index in [1.807, 2.05) is 11.9 Å². The van der Waals surface area contributed by atoms with Crippen LogP contribution in [0.2, 0.25) is 5.02 Å². The summed E-state index contributed by atoms with van der Waals surface area (Å²) in [6, 6.07) is 4.90. The van der Waals surface area contributed by atoms with Crippen LogP contribution in [0.4, 0.5) is 5.69 Å². The van der Waals surface area contributed by atoms with Crippen molar-refractivity contribution in [2.24, 2.45) is 5.92 Å². The Balaban J connectivity index is 1.92. The van der Waals surface area contributed by atoms with E-state index in [0.29, 0.717) is 23.9 Å². The van der Waals surface area contributed by atoms with E-state index in [-0.39, 0.29) is 5.56 Å². The Morgan fingerprint density at radius 3 is 2.89 bits per heavy atom. The molecule has 1 aromatic carbocycles. The smallest absolute Gasteiger partial charge is 0.337 e. The normalized spacial score (nSPS) is 14.4. The zero-order valence-electron chi connectivity index (χ0n) is 10.9. The number of nitrogens with zero attached hydrogens (tertiary/aromatic N) is 1. The summed E-state index contributed by atoms with van der Waals surface area (Å²) in [5, 5.41) is 9.61. The van der Waals surface area contributed by atoms with E-state index in [4.69, 9.17) is 16.3 Å². The summed E-state index contributed by atoms with van der Waals surface area (Å²) in [5.41, 5.74) is 0.879. The van der Waals surface area contributed by atoms with Gasteiger partial charge >= 0.3 is 5.97 Å². The molecule has 1 aliphatic carbocycles. The average molecular weight is 284 g/mol. The molecule has 0 aromatic heterocycles. The van der Waals surface area contributed by atoms with Gasteiger partial charge in [0.25, 0.3) is 0 Å². The van der Waals surface area contributed by atoms with Crippen LogP contribution < -0.4 is 4.90 Å². The molecule has 4 nitrogen and oxygen atoms in total. The van der Waals surface area contributed by atoms with E-state index in [1.54, 1.807) is 12.1 Å². The van der Waals surface area contributed by atoms with Gasteiger partial charge in [0.05, 0.1) is 17.9 Å². The standard InChI is InChI=1S/C14H18ClNO3/c1-16(6-7-19-9-10-2-3-10)13-5-4-11(15)8-12(13)14(17)18/h4-5,8,10H,2-3,6-7,9H2,1H3,(H,17,18). The van der Waals surface area contributed by atoms with Crippen LogP contribution in [-0.2, 0) is 4.74 Å². The first-order valence-electron chi connectivity index (χ1n) is 6.39. The lowest BCUT2D eigenvalue weighted by Crippen LogP contribution is -2.24. The predicted molar refractivity (Wildman–Crippen MR) is 75.2 cm³/mol. The summed E-state index contributed by atoms with van der Waals surface area (Å²) in [6.45, 7) is 2.09. The molecule has 0 heterocycles. The van der Waals surface area contributed by atoms with Gasteiger partial charge in [-0.15, -0.1) is 0 Å². The molecule has 0 spiro atoms. The maximum Gasteiger partial charge on any atom is 0.337 e. The van der Waals surface area contributed by atoms with Gasteiger partial charge in [-0.25, -0.2) is 4.79 Å². The van der Waals surface area contributed by atoms with Crippen molar-refractivity contribution >= 4 is 23.3 Å². The number of benzene rings is 1. The molecule has 5 heteroatoms. The van der Waals surface area contributed by atoms with Gasteiger partial charge in [-0.05, 0) is 37.0 Å². The van der Waals surface area contributed by atoms with Gasteiger partial charge in [0, 0.05) is 25.2 Å². The molecule has 0 atom stereocenters. The quantitative estimate of drug-likeness (QED) is 0.782. The Kier molecular flexibility index (Phi) is 4.66. The molecule has 104 valence electrons. The van der Waals surface area contributed by atoms with Crippen LogP contribution in [0.1, 0.15) is 23.2 Å². The number of carbonyl (C=O) groups is 1. The van der Waals surface area contributed by atoms with Crippen LogP contribution in [0.15, 0.2) is 18.2 Å². The second-order valence-corrected chi connectivity index (χ2v) is 5.34. The van der Waals surface area contributed by atoms with E-state index < -0.39 is 5.97 Å². The molecule has 19 heavy (non-hydrogen) atoms. The number of rotatable bonds is 7. The van der Waals surface area contributed by atoms with E-state index in [1.165, 1.54) is 18.9 Å². The highest BCUT2D eigenvalue weighted by Gasteiger charge is 2.21. The first-order valence-corrected chi connectivity index (χ1v) is 6.77. The molecule has 0 aliphatic heterocycles. The van der Waals surface area contributed by atoms with Crippen molar-refractivity contribution in [3.63, 3.8) is 0 Å². The number of carboxylic acid groups (broad SMARTS) is 1. The summed E-state index contributed by atoms with van der Waals surface area (Å²) in [4.78, 5) is 13.1. The highest BCUT2D eigenvalue weighted by Crippen LogP contribution is 2.28. The Morgan fingerprint density at radius 2 is 2.26 bits per heavy atom. The third-order valence-corrected chi connectivity index (χ3v) is 3.46. The second-order valence-electron chi connectivity index (χ2n) is 4.91. The third-order valence-electron chi connectivity index (χ3n) is 3.22. The lowest BCUT2D eigenvalue weighted by Gasteiger charge is -2.21. The highest BCUT2D eigenvalue weighted by atomic mass is 35.5. The minimum atomic E-state index is -0.969. The van der Waals surface area contributed by atoms with Crippen molar-refractivity contribution in [1.82, 2.24) is 0 Å². The monoisotopic (exact) mass is 283 g/mol. The van der Waals surface area contributed by atoms with Crippen LogP contribution >= 0.6 is 11.6 Å². The van der Waals surface area contributed by atoms with Crippen molar-refractivity contribution in [2.75, 3.05) is 31.7 Å². The van der Waals surface area contributed by atoms with Crippen LogP contribution in [0.5, 0.6) is 0 Å². The van der Waals surface area contributed by atoms with Crippen molar-refractivity contribution in [3.8, 4) is 0 Å². The van der Waals surface area contributed by atoms with Gasteiger partial charge < -0.3 is 14.7 Å². The second kappa shape index (κ2) is 6.26. The molecule has 0 saturated heterocycles. The lowest BCUT2D eigenvalue weighted by molar-refractivity contribution is 0.0697. The summed E-state index contributed by atoms with van der Waals surface area (Å²) in [5.74, 6) is -0.223. The molecule has 0 unspecified atom stereocenters. The average Bonchev–Trinajstić information content (AvgIpc) is 3.18. The molecule has 0 radical (unpaired) electrons. The van der Waals surface area contributed by atoms with E-state index in [9.17, 15) is 9.90 Å². The number of carboxylic acids is 1. The molecule has 1 fully saturated rings. The van der Waals surface area contributed by atoms with Crippen LogP contribution in [-0.4, -0.2) is 37.9 Å².